The number of carbonyl (C=O) groups is 2. The molecule has 8 heteroatoms. The zero-order valence-electron chi connectivity index (χ0n) is 20.8. The first kappa shape index (κ1) is 23.9. The number of anilines is 1. The largest absolute Gasteiger partial charge is 0.297 e. The molecule has 1 saturated heterocycles. The summed E-state index contributed by atoms with van der Waals surface area (Å²) < 4.78 is 30.0. The fourth-order valence-corrected chi connectivity index (χ4v) is 6.84. The van der Waals surface area contributed by atoms with E-state index in [0.29, 0.717) is 30.6 Å². The summed E-state index contributed by atoms with van der Waals surface area (Å²) in [4.78, 5) is 45.2. The fourth-order valence-electron chi connectivity index (χ4n) is 6.84. The summed E-state index contributed by atoms with van der Waals surface area (Å²) in [5.74, 6) is -0.350. The van der Waals surface area contributed by atoms with Crippen LogP contribution in [0.25, 0.3) is 16.7 Å². The number of ketones is 1. The number of amides is 1. The molecular formula is C29H29F2N3O3. The molecule has 192 valence electrons. The lowest BCUT2D eigenvalue weighted by Gasteiger charge is -2.45. The molecule has 37 heavy (non-hydrogen) atoms. The van der Waals surface area contributed by atoms with Gasteiger partial charge in [0.25, 0.3) is 0 Å². The lowest BCUT2D eigenvalue weighted by molar-refractivity contribution is -0.122. The minimum atomic E-state index is -0.845. The summed E-state index contributed by atoms with van der Waals surface area (Å²) in [6, 6.07) is 6.24. The number of carbonyl (C=O) groups excluding carboxylic acids is 2. The molecular weight excluding hydrogens is 476 g/mol. The lowest BCUT2D eigenvalue weighted by Crippen LogP contribution is -2.44. The lowest BCUT2D eigenvalue weighted by atomic mass is 9.60. The summed E-state index contributed by atoms with van der Waals surface area (Å²) in [7, 11) is 0. The Bertz CT molecular complexity index is 1490. The van der Waals surface area contributed by atoms with Gasteiger partial charge in [0.05, 0.1) is 16.6 Å². The van der Waals surface area contributed by atoms with Gasteiger partial charge in [-0.05, 0) is 60.8 Å². The zero-order chi connectivity index (χ0) is 25.9. The average Bonchev–Trinajstić information content (AvgIpc) is 2.83. The van der Waals surface area contributed by atoms with Crippen LogP contribution in [0.5, 0.6) is 0 Å². The third-order valence-electron chi connectivity index (χ3n) is 8.47. The van der Waals surface area contributed by atoms with Crippen molar-refractivity contribution < 1.29 is 18.4 Å². The molecule has 2 unspecified atom stereocenters. The van der Waals surface area contributed by atoms with E-state index in [0.717, 1.165) is 25.0 Å². The third-order valence-corrected chi connectivity index (χ3v) is 8.47. The summed E-state index contributed by atoms with van der Waals surface area (Å²) in [5.41, 5.74) is -0.588. The molecule has 0 radical (unpaired) electrons. The molecule has 2 aliphatic carbocycles. The van der Waals surface area contributed by atoms with Crippen LogP contribution >= 0.6 is 0 Å². The summed E-state index contributed by atoms with van der Waals surface area (Å²) in [6.45, 7) is 2.65. The maximum absolute atomic E-state index is 14.9. The molecule has 0 N–H and O–H groups in total. The van der Waals surface area contributed by atoms with Crippen LogP contribution in [-0.4, -0.2) is 27.8 Å². The van der Waals surface area contributed by atoms with E-state index in [1.165, 1.54) is 53.5 Å². The van der Waals surface area contributed by atoms with Crippen molar-refractivity contribution in [3.8, 4) is 5.69 Å². The van der Waals surface area contributed by atoms with Gasteiger partial charge in [0.1, 0.15) is 17.5 Å². The van der Waals surface area contributed by atoms with Crippen molar-refractivity contribution in [2.45, 2.75) is 58.3 Å². The molecule has 3 aromatic rings. The van der Waals surface area contributed by atoms with Gasteiger partial charge >= 0.3 is 0 Å². The molecule has 3 heterocycles. The van der Waals surface area contributed by atoms with Crippen molar-refractivity contribution >= 4 is 28.5 Å². The van der Waals surface area contributed by atoms with Crippen LogP contribution in [0.3, 0.4) is 0 Å². The summed E-state index contributed by atoms with van der Waals surface area (Å²) >= 11 is 0. The number of nitrogens with zero attached hydrogens (tertiary/aromatic N) is 3. The first-order chi connectivity index (χ1) is 17.7. The van der Waals surface area contributed by atoms with E-state index in [1.807, 2.05) is 0 Å². The number of pyridine rings is 2. The number of benzene rings is 1. The molecule has 2 bridgehead atoms. The second-order valence-corrected chi connectivity index (χ2v) is 11.4. The van der Waals surface area contributed by atoms with Crippen molar-refractivity contribution in [3.05, 3.63) is 63.9 Å². The monoisotopic (exact) mass is 505 g/mol. The second-order valence-electron chi connectivity index (χ2n) is 11.4. The van der Waals surface area contributed by atoms with Gasteiger partial charge in [0.15, 0.2) is 11.4 Å². The maximum Gasteiger partial charge on any atom is 0.229 e. The number of halogens is 2. The molecule has 3 aliphatic rings. The van der Waals surface area contributed by atoms with Gasteiger partial charge in [-0.15, -0.1) is 0 Å². The first-order valence-corrected chi connectivity index (χ1v) is 13.1. The summed E-state index contributed by atoms with van der Waals surface area (Å²) in [5, 5.41) is 0.150. The Morgan fingerprint density at radius 1 is 1.11 bits per heavy atom. The van der Waals surface area contributed by atoms with E-state index in [-0.39, 0.29) is 45.8 Å². The van der Waals surface area contributed by atoms with Crippen LogP contribution in [-0.2, 0) is 4.79 Å². The Kier molecular flexibility index (Phi) is 5.73. The van der Waals surface area contributed by atoms with Crippen molar-refractivity contribution in [2.24, 2.45) is 17.3 Å². The Balaban J connectivity index is 1.45. The smallest absolute Gasteiger partial charge is 0.229 e. The predicted molar refractivity (Wildman–Crippen MR) is 136 cm³/mol. The van der Waals surface area contributed by atoms with Crippen LogP contribution in [0, 0.1) is 28.9 Å². The molecule has 0 spiro atoms. The second kappa shape index (κ2) is 8.85. The SMILES string of the molecule is CC1(CC(=O)c2cn(-c3ccc(F)cc3F)c3nc(N4CCC4=O)ccc3c2=O)CC2CCCC(C2)C1. The van der Waals surface area contributed by atoms with Crippen LogP contribution < -0.4 is 10.3 Å². The number of hydrogen-bond donors (Lipinski definition) is 0. The predicted octanol–water partition coefficient (Wildman–Crippen LogP) is 5.58. The van der Waals surface area contributed by atoms with Crippen LogP contribution in [0.2, 0.25) is 0 Å². The summed E-state index contributed by atoms with van der Waals surface area (Å²) in [6.07, 6.45) is 8.80. The molecule has 3 fully saturated rings. The van der Waals surface area contributed by atoms with Gasteiger partial charge in [-0.2, -0.15) is 0 Å². The number of rotatable bonds is 5. The highest BCUT2D eigenvalue weighted by molar-refractivity contribution is 6.01. The molecule has 2 atom stereocenters. The topological polar surface area (TPSA) is 72.3 Å². The van der Waals surface area contributed by atoms with E-state index in [4.69, 9.17) is 0 Å². The van der Waals surface area contributed by atoms with E-state index < -0.39 is 17.1 Å². The van der Waals surface area contributed by atoms with Crippen molar-refractivity contribution in [2.75, 3.05) is 11.4 Å². The Hall–Kier alpha value is -3.42. The van der Waals surface area contributed by atoms with Crippen LogP contribution in [0.1, 0.15) is 68.6 Å². The van der Waals surface area contributed by atoms with Crippen LogP contribution in [0.4, 0.5) is 14.6 Å². The van der Waals surface area contributed by atoms with Gasteiger partial charge in [0.2, 0.25) is 11.3 Å². The molecule has 6 rings (SSSR count). The average molecular weight is 506 g/mol. The molecule has 1 amide bonds. The normalized spacial score (nSPS) is 25.3. The number of Topliss-reactive ketones (excluding diaryl/α,β-unsaturated/α-hetero) is 1. The van der Waals surface area contributed by atoms with Gasteiger partial charge in [-0.1, -0.05) is 26.2 Å². The molecule has 2 aromatic heterocycles. The Morgan fingerprint density at radius 3 is 2.51 bits per heavy atom. The van der Waals surface area contributed by atoms with Gasteiger partial charge in [-0.3, -0.25) is 23.9 Å². The maximum atomic E-state index is 14.9. The quantitative estimate of drug-likeness (QED) is 0.335. The number of hydrogen-bond acceptors (Lipinski definition) is 4. The number of fused-ring (bicyclic) bond motifs is 3. The van der Waals surface area contributed by atoms with E-state index in [1.54, 1.807) is 6.07 Å². The Labute approximate surface area is 213 Å². The highest BCUT2D eigenvalue weighted by Gasteiger charge is 2.40. The van der Waals surface area contributed by atoms with Crippen LogP contribution in [0.15, 0.2) is 41.3 Å². The zero-order valence-corrected chi connectivity index (χ0v) is 20.8. The van der Waals surface area contributed by atoms with E-state index in [9.17, 15) is 23.2 Å². The number of aromatic nitrogens is 2. The van der Waals surface area contributed by atoms with Crippen molar-refractivity contribution in [1.82, 2.24) is 9.55 Å². The van der Waals surface area contributed by atoms with Gasteiger partial charge in [0, 0.05) is 31.6 Å². The minimum Gasteiger partial charge on any atom is -0.297 e. The standard InChI is InChI=1S/C29H29F2N3O3/c1-29(13-17-3-2-4-18(11-17)14-29)15-24(35)21-16-34(23-7-5-19(30)12-22(23)31)28-20(27(21)37)6-8-25(32-28)33-10-9-26(33)36/h5-8,12,16-18H,2-4,9-11,13-15H2,1H3. The molecule has 1 aliphatic heterocycles. The van der Waals surface area contributed by atoms with E-state index in [2.05, 4.69) is 11.9 Å². The van der Waals surface area contributed by atoms with Gasteiger partial charge in [-0.25, -0.2) is 13.8 Å². The van der Waals surface area contributed by atoms with E-state index >= 15 is 0 Å². The first-order valence-electron chi connectivity index (χ1n) is 13.1. The highest BCUT2D eigenvalue weighted by atomic mass is 19.1. The van der Waals surface area contributed by atoms with Gasteiger partial charge < -0.3 is 0 Å². The minimum absolute atomic E-state index is 0.0252. The Morgan fingerprint density at radius 2 is 1.86 bits per heavy atom. The highest BCUT2D eigenvalue weighted by Crippen LogP contribution is 2.50. The van der Waals surface area contributed by atoms with Crippen molar-refractivity contribution in [3.63, 3.8) is 0 Å². The molecule has 6 nitrogen and oxygen atoms in total. The third kappa shape index (κ3) is 4.26. The molecule has 2 saturated carbocycles. The molecule has 1 aromatic carbocycles. The fraction of sp³-hybridized carbons (Fsp3) is 0.448. The number of β-lactam (4-membered cyclic amide) rings is 1. The van der Waals surface area contributed by atoms with Crippen molar-refractivity contribution in [1.29, 1.82) is 0 Å².